The Kier molecular flexibility index (Phi) is 5.38. The van der Waals surface area contributed by atoms with E-state index < -0.39 is 17.6 Å². The summed E-state index contributed by atoms with van der Waals surface area (Å²) >= 11 is 6.11. The van der Waals surface area contributed by atoms with Crippen molar-refractivity contribution in [1.82, 2.24) is 4.40 Å². The van der Waals surface area contributed by atoms with Crippen LogP contribution in [0.5, 0.6) is 0 Å². The minimum atomic E-state index is -0.668. The van der Waals surface area contributed by atoms with Crippen LogP contribution >= 0.6 is 11.6 Å². The van der Waals surface area contributed by atoms with Crippen LogP contribution in [0, 0.1) is 5.82 Å². The van der Waals surface area contributed by atoms with E-state index in [1.165, 1.54) is 18.2 Å². The van der Waals surface area contributed by atoms with E-state index in [0.717, 1.165) is 16.6 Å². The van der Waals surface area contributed by atoms with Crippen LogP contribution in [-0.2, 0) is 4.74 Å². The maximum atomic E-state index is 14.3. The van der Waals surface area contributed by atoms with E-state index in [4.69, 9.17) is 16.3 Å². The Labute approximate surface area is 177 Å². The minimum Gasteiger partial charge on any atom is -0.462 e. The van der Waals surface area contributed by atoms with Crippen molar-refractivity contribution in [3.8, 4) is 11.1 Å². The number of benzene rings is 2. The monoisotopic (exact) mass is 421 g/mol. The molecule has 4 aromatic rings. The zero-order valence-corrected chi connectivity index (χ0v) is 16.8. The first kappa shape index (κ1) is 19.9. The Morgan fingerprint density at radius 2 is 1.80 bits per heavy atom. The Hall–Kier alpha value is -3.44. The summed E-state index contributed by atoms with van der Waals surface area (Å²) in [6.07, 6.45) is 1.74. The quantitative estimate of drug-likeness (QED) is 0.302. The molecule has 0 saturated heterocycles. The molecule has 4 rings (SSSR count). The van der Waals surface area contributed by atoms with E-state index in [9.17, 15) is 14.0 Å². The SMILES string of the molecule is CCOC(=O)c1ccc(-c2cc(C(=O)c3c(F)cccc3Cl)n3ccccc23)cc1. The number of nitrogens with zero attached hydrogens (tertiary/aromatic N) is 1. The maximum Gasteiger partial charge on any atom is 0.338 e. The number of ether oxygens (including phenoxy) is 1. The molecule has 0 amide bonds. The molecule has 0 fully saturated rings. The number of hydrogen-bond acceptors (Lipinski definition) is 3. The van der Waals surface area contributed by atoms with Crippen LogP contribution in [0.1, 0.15) is 33.3 Å². The molecular formula is C24H17ClFNO3. The van der Waals surface area contributed by atoms with Gasteiger partial charge in [0.2, 0.25) is 5.78 Å². The summed E-state index contributed by atoms with van der Waals surface area (Å²) in [7, 11) is 0. The lowest BCUT2D eigenvalue weighted by Gasteiger charge is -2.05. The number of pyridine rings is 1. The van der Waals surface area contributed by atoms with Crippen LogP contribution in [0.3, 0.4) is 0 Å². The van der Waals surface area contributed by atoms with Crippen LogP contribution in [-0.4, -0.2) is 22.8 Å². The predicted molar refractivity (Wildman–Crippen MR) is 114 cm³/mol. The first-order valence-corrected chi connectivity index (χ1v) is 9.75. The highest BCUT2D eigenvalue weighted by Crippen LogP contribution is 2.31. The summed E-state index contributed by atoms with van der Waals surface area (Å²) in [5.74, 6) is -1.57. The van der Waals surface area contributed by atoms with Crippen molar-refractivity contribution in [3.05, 3.63) is 101 Å². The summed E-state index contributed by atoms with van der Waals surface area (Å²) < 4.78 is 21.1. The number of aromatic nitrogens is 1. The van der Waals surface area contributed by atoms with E-state index in [0.29, 0.717) is 17.9 Å². The predicted octanol–water partition coefficient (Wildman–Crippen LogP) is 5.81. The van der Waals surface area contributed by atoms with Gasteiger partial charge in [-0.2, -0.15) is 0 Å². The lowest BCUT2D eigenvalue weighted by atomic mass is 10.0. The van der Waals surface area contributed by atoms with Crippen LogP contribution in [0.2, 0.25) is 5.02 Å². The van der Waals surface area contributed by atoms with Gasteiger partial charge in [0.25, 0.3) is 0 Å². The van der Waals surface area contributed by atoms with Crippen LogP contribution in [0.4, 0.5) is 4.39 Å². The zero-order valence-electron chi connectivity index (χ0n) is 16.1. The summed E-state index contributed by atoms with van der Waals surface area (Å²) in [5.41, 5.74) is 2.94. The molecule has 0 unspecified atom stereocenters. The van der Waals surface area contributed by atoms with Gasteiger partial charge in [0.1, 0.15) is 5.82 Å². The molecule has 2 heterocycles. The summed E-state index contributed by atoms with van der Waals surface area (Å²) in [5, 5.41) is 0.0613. The number of ketones is 1. The second-order valence-corrected chi connectivity index (χ2v) is 7.03. The fraction of sp³-hybridized carbons (Fsp3) is 0.0833. The Morgan fingerprint density at radius 1 is 1.03 bits per heavy atom. The third kappa shape index (κ3) is 3.48. The largest absolute Gasteiger partial charge is 0.462 e. The highest BCUT2D eigenvalue weighted by molar-refractivity contribution is 6.35. The standard InChI is InChI=1S/C24H17ClFNO3/c1-2-30-24(29)16-11-9-15(10-12-16)17-14-21(27-13-4-3-8-20(17)27)23(28)22-18(25)6-5-7-19(22)26/h3-14H,2H2,1H3. The van der Waals surface area contributed by atoms with E-state index >= 15 is 0 Å². The highest BCUT2D eigenvalue weighted by Gasteiger charge is 2.22. The number of fused-ring (bicyclic) bond motifs is 1. The minimum absolute atomic E-state index is 0.0613. The Morgan fingerprint density at radius 3 is 2.50 bits per heavy atom. The third-order valence-corrected chi connectivity index (χ3v) is 5.12. The van der Waals surface area contributed by atoms with Gasteiger partial charge in [0.15, 0.2) is 0 Å². The van der Waals surface area contributed by atoms with Crippen LogP contribution in [0.25, 0.3) is 16.6 Å². The highest BCUT2D eigenvalue weighted by atomic mass is 35.5. The molecule has 2 aromatic carbocycles. The fourth-order valence-electron chi connectivity index (χ4n) is 3.40. The smallest absolute Gasteiger partial charge is 0.338 e. The molecular weight excluding hydrogens is 405 g/mol. The molecule has 0 saturated carbocycles. The van der Waals surface area contributed by atoms with E-state index in [1.807, 2.05) is 12.1 Å². The molecule has 0 atom stereocenters. The van der Waals surface area contributed by atoms with Crippen molar-refractivity contribution in [3.63, 3.8) is 0 Å². The summed E-state index contributed by atoms with van der Waals surface area (Å²) in [4.78, 5) is 25.1. The number of halogens is 2. The average Bonchev–Trinajstić information content (AvgIpc) is 3.13. The first-order valence-electron chi connectivity index (χ1n) is 9.37. The molecule has 6 heteroatoms. The van der Waals surface area contributed by atoms with Gasteiger partial charge in [-0.15, -0.1) is 0 Å². The van der Waals surface area contributed by atoms with Crippen molar-refractivity contribution in [2.45, 2.75) is 6.92 Å². The molecule has 30 heavy (non-hydrogen) atoms. The van der Waals surface area contributed by atoms with Gasteiger partial charge in [0, 0.05) is 11.8 Å². The van der Waals surface area contributed by atoms with E-state index in [1.54, 1.807) is 53.9 Å². The average molecular weight is 422 g/mol. The van der Waals surface area contributed by atoms with Crippen molar-refractivity contribution >= 4 is 28.9 Å². The second kappa shape index (κ2) is 8.13. The fourth-order valence-corrected chi connectivity index (χ4v) is 3.65. The Balaban J connectivity index is 1.82. The maximum absolute atomic E-state index is 14.3. The summed E-state index contributed by atoms with van der Waals surface area (Å²) in [6.45, 7) is 2.05. The molecule has 0 radical (unpaired) electrons. The molecule has 0 N–H and O–H groups in total. The molecule has 0 spiro atoms. The zero-order chi connectivity index (χ0) is 21.3. The van der Waals surface area contributed by atoms with Crippen molar-refractivity contribution in [1.29, 1.82) is 0 Å². The van der Waals surface area contributed by atoms with E-state index in [-0.39, 0.29) is 10.6 Å². The molecule has 0 aliphatic heterocycles. The number of carbonyl (C=O) groups excluding carboxylic acids is 2. The number of hydrogen-bond donors (Lipinski definition) is 0. The molecule has 2 aromatic heterocycles. The van der Waals surface area contributed by atoms with Gasteiger partial charge in [-0.1, -0.05) is 35.9 Å². The van der Waals surface area contributed by atoms with Crippen molar-refractivity contribution < 1.29 is 18.7 Å². The van der Waals surface area contributed by atoms with Gasteiger partial charge in [-0.25, -0.2) is 9.18 Å². The lowest BCUT2D eigenvalue weighted by molar-refractivity contribution is 0.0526. The summed E-state index contributed by atoms with van der Waals surface area (Å²) in [6, 6.07) is 18.3. The number of esters is 1. The van der Waals surface area contributed by atoms with Crippen LogP contribution < -0.4 is 0 Å². The van der Waals surface area contributed by atoms with E-state index in [2.05, 4.69) is 0 Å². The van der Waals surface area contributed by atoms with Crippen molar-refractivity contribution in [2.75, 3.05) is 6.61 Å². The lowest BCUT2D eigenvalue weighted by Crippen LogP contribution is -2.08. The van der Waals surface area contributed by atoms with Gasteiger partial charge in [-0.3, -0.25) is 4.79 Å². The van der Waals surface area contributed by atoms with Gasteiger partial charge in [-0.05, 0) is 55.0 Å². The van der Waals surface area contributed by atoms with Gasteiger partial charge < -0.3 is 9.14 Å². The molecule has 150 valence electrons. The Bertz CT molecular complexity index is 1240. The molecule has 0 aliphatic carbocycles. The van der Waals surface area contributed by atoms with Crippen molar-refractivity contribution in [2.24, 2.45) is 0 Å². The second-order valence-electron chi connectivity index (χ2n) is 6.62. The number of rotatable bonds is 5. The van der Waals surface area contributed by atoms with Gasteiger partial charge in [0.05, 0.1) is 34.0 Å². The third-order valence-electron chi connectivity index (χ3n) is 4.81. The van der Waals surface area contributed by atoms with Gasteiger partial charge >= 0.3 is 5.97 Å². The van der Waals surface area contributed by atoms with Crippen LogP contribution in [0.15, 0.2) is 72.9 Å². The normalized spacial score (nSPS) is 10.9. The topological polar surface area (TPSA) is 47.8 Å². The molecule has 0 aliphatic rings. The molecule has 4 nitrogen and oxygen atoms in total. The first-order chi connectivity index (χ1) is 14.5. The molecule has 0 bridgehead atoms. The number of carbonyl (C=O) groups is 2.